The van der Waals surface area contributed by atoms with Gasteiger partial charge in [0, 0.05) is 19.0 Å². The molecule has 0 radical (unpaired) electrons. The summed E-state index contributed by atoms with van der Waals surface area (Å²) in [4.78, 5) is 28.6. The first-order valence-corrected chi connectivity index (χ1v) is 11.5. The first-order valence-electron chi connectivity index (χ1n) is 11.5. The molecule has 0 aliphatic rings. The van der Waals surface area contributed by atoms with Crippen molar-refractivity contribution >= 4 is 33.2 Å². The standard InChI is InChI=1S/C26H27N5O2/c1-4-6-9-15-30-21(5-2)29-24-22(26(30)32)23-25(28-20-14-8-7-13-19(20)27-23)31(24)17-11-10-12-18(16-17)33-3/h7-8,10-14,16H,4-6,9,15H2,1-3H3. The monoisotopic (exact) mass is 441 g/mol. The molecule has 7 nitrogen and oxygen atoms in total. The normalized spacial score (nSPS) is 11.6. The van der Waals surface area contributed by atoms with E-state index in [-0.39, 0.29) is 5.56 Å². The Kier molecular flexibility index (Phi) is 5.54. The van der Waals surface area contributed by atoms with E-state index in [4.69, 9.17) is 19.7 Å². The van der Waals surface area contributed by atoms with Gasteiger partial charge in [-0.15, -0.1) is 0 Å². The third-order valence-corrected chi connectivity index (χ3v) is 6.05. The Morgan fingerprint density at radius 3 is 2.42 bits per heavy atom. The van der Waals surface area contributed by atoms with Crippen LogP contribution in [0.15, 0.2) is 53.3 Å². The molecule has 168 valence electrons. The number of hydrogen-bond acceptors (Lipinski definition) is 5. The predicted molar refractivity (Wildman–Crippen MR) is 131 cm³/mol. The van der Waals surface area contributed by atoms with Crippen LogP contribution in [-0.4, -0.2) is 31.2 Å². The van der Waals surface area contributed by atoms with Gasteiger partial charge >= 0.3 is 0 Å². The van der Waals surface area contributed by atoms with Crippen LogP contribution in [0.25, 0.3) is 38.9 Å². The number of methoxy groups -OCH3 is 1. The van der Waals surface area contributed by atoms with Crippen molar-refractivity contribution in [3.05, 3.63) is 64.7 Å². The number of fused-ring (bicyclic) bond motifs is 4. The van der Waals surface area contributed by atoms with Crippen molar-refractivity contribution in [2.45, 2.75) is 46.1 Å². The fraction of sp³-hybridized carbons (Fsp3) is 0.308. The van der Waals surface area contributed by atoms with Crippen molar-refractivity contribution in [3.8, 4) is 11.4 Å². The Hall–Kier alpha value is -3.74. The van der Waals surface area contributed by atoms with Gasteiger partial charge in [0.05, 0.1) is 23.8 Å². The second-order valence-corrected chi connectivity index (χ2v) is 8.17. The van der Waals surface area contributed by atoms with Crippen LogP contribution in [0.5, 0.6) is 5.75 Å². The van der Waals surface area contributed by atoms with Crippen molar-refractivity contribution < 1.29 is 4.74 Å². The number of para-hydroxylation sites is 2. The van der Waals surface area contributed by atoms with Gasteiger partial charge < -0.3 is 4.74 Å². The van der Waals surface area contributed by atoms with Gasteiger partial charge in [0.2, 0.25) is 0 Å². The van der Waals surface area contributed by atoms with Crippen LogP contribution in [0.3, 0.4) is 0 Å². The molecular weight excluding hydrogens is 414 g/mol. The lowest BCUT2D eigenvalue weighted by Crippen LogP contribution is -2.25. The van der Waals surface area contributed by atoms with E-state index in [1.807, 2.05) is 64.6 Å². The fourth-order valence-corrected chi connectivity index (χ4v) is 4.38. The molecule has 0 atom stereocenters. The lowest BCUT2D eigenvalue weighted by molar-refractivity contribution is 0.414. The molecule has 3 heterocycles. The van der Waals surface area contributed by atoms with Crippen molar-refractivity contribution in [2.75, 3.05) is 7.11 Å². The topological polar surface area (TPSA) is 74.8 Å². The minimum atomic E-state index is -0.0517. The lowest BCUT2D eigenvalue weighted by Gasteiger charge is -2.12. The molecule has 0 fully saturated rings. The van der Waals surface area contributed by atoms with Crippen LogP contribution in [-0.2, 0) is 13.0 Å². The molecule has 0 amide bonds. The van der Waals surface area contributed by atoms with Gasteiger partial charge in [0.1, 0.15) is 22.5 Å². The highest BCUT2D eigenvalue weighted by Gasteiger charge is 2.22. The summed E-state index contributed by atoms with van der Waals surface area (Å²) in [6.45, 7) is 4.85. The van der Waals surface area contributed by atoms with E-state index in [1.54, 1.807) is 7.11 Å². The van der Waals surface area contributed by atoms with Gasteiger partial charge in [-0.25, -0.2) is 15.0 Å². The highest BCUT2D eigenvalue weighted by Crippen LogP contribution is 2.30. The molecule has 0 saturated carbocycles. The highest BCUT2D eigenvalue weighted by atomic mass is 16.5. The van der Waals surface area contributed by atoms with Crippen molar-refractivity contribution in [3.63, 3.8) is 0 Å². The Morgan fingerprint density at radius 2 is 1.70 bits per heavy atom. The maximum atomic E-state index is 13.8. The number of benzene rings is 2. The average Bonchev–Trinajstić information content (AvgIpc) is 3.16. The van der Waals surface area contributed by atoms with Gasteiger partial charge in [-0.2, -0.15) is 0 Å². The van der Waals surface area contributed by atoms with E-state index in [0.717, 1.165) is 47.6 Å². The highest BCUT2D eigenvalue weighted by molar-refractivity contribution is 6.05. The minimum Gasteiger partial charge on any atom is -0.497 e. The summed E-state index contributed by atoms with van der Waals surface area (Å²) >= 11 is 0. The van der Waals surface area contributed by atoms with Crippen LogP contribution in [0, 0.1) is 0 Å². The number of hydrogen-bond donors (Lipinski definition) is 0. The number of aryl methyl sites for hydroxylation is 1. The molecule has 2 aromatic carbocycles. The van der Waals surface area contributed by atoms with E-state index in [2.05, 4.69) is 6.92 Å². The van der Waals surface area contributed by atoms with E-state index in [1.165, 1.54) is 0 Å². The molecule has 0 saturated heterocycles. The first kappa shape index (κ1) is 21.1. The van der Waals surface area contributed by atoms with Crippen LogP contribution in [0.1, 0.15) is 38.9 Å². The third kappa shape index (κ3) is 3.53. The first-order chi connectivity index (χ1) is 16.2. The zero-order valence-electron chi connectivity index (χ0n) is 19.2. The van der Waals surface area contributed by atoms with Crippen molar-refractivity contribution in [2.24, 2.45) is 0 Å². The molecular formula is C26H27N5O2. The number of aromatic nitrogens is 5. The molecule has 0 N–H and O–H groups in total. The average molecular weight is 442 g/mol. The van der Waals surface area contributed by atoms with Gasteiger partial charge in [0.15, 0.2) is 11.3 Å². The van der Waals surface area contributed by atoms with Gasteiger partial charge in [-0.3, -0.25) is 13.9 Å². The van der Waals surface area contributed by atoms with Gasteiger partial charge in [0.25, 0.3) is 5.56 Å². The quantitative estimate of drug-likeness (QED) is 0.331. The van der Waals surface area contributed by atoms with Crippen LogP contribution in [0.4, 0.5) is 0 Å². The molecule has 5 aromatic rings. The summed E-state index contributed by atoms with van der Waals surface area (Å²) in [6.07, 6.45) is 3.78. The zero-order valence-corrected chi connectivity index (χ0v) is 19.2. The second-order valence-electron chi connectivity index (χ2n) is 8.17. The van der Waals surface area contributed by atoms with E-state index >= 15 is 0 Å². The largest absolute Gasteiger partial charge is 0.497 e. The molecule has 0 aliphatic heterocycles. The van der Waals surface area contributed by atoms with E-state index in [9.17, 15) is 4.79 Å². The number of ether oxygens (including phenoxy) is 1. The molecule has 5 rings (SSSR count). The van der Waals surface area contributed by atoms with Gasteiger partial charge in [-0.1, -0.05) is 44.9 Å². The molecule has 0 aliphatic carbocycles. The maximum absolute atomic E-state index is 13.8. The summed E-state index contributed by atoms with van der Waals surface area (Å²) in [5.74, 6) is 1.50. The summed E-state index contributed by atoms with van der Waals surface area (Å²) in [6, 6.07) is 15.4. The summed E-state index contributed by atoms with van der Waals surface area (Å²) in [5, 5.41) is 0.514. The molecule has 33 heavy (non-hydrogen) atoms. The van der Waals surface area contributed by atoms with Crippen molar-refractivity contribution in [1.29, 1.82) is 0 Å². The molecule has 0 unspecified atom stereocenters. The SMILES string of the molecule is CCCCCn1c(CC)nc2c(c1=O)c1nc3ccccc3nc1n2-c1cccc(OC)c1. The van der Waals surface area contributed by atoms with Gasteiger partial charge in [-0.05, 0) is 30.7 Å². The smallest absolute Gasteiger partial charge is 0.265 e. The van der Waals surface area contributed by atoms with Crippen LogP contribution >= 0.6 is 0 Å². The summed E-state index contributed by atoms with van der Waals surface area (Å²) in [7, 11) is 1.64. The number of rotatable bonds is 7. The van der Waals surface area contributed by atoms with E-state index < -0.39 is 0 Å². The number of nitrogens with zero attached hydrogens (tertiary/aromatic N) is 5. The van der Waals surface area contributed by atoms with E-state index in [0.29, 0.717) is 35.2 Å². The Balaban J connectivity index is 1.91. The van der Waals surface area contributed by atoms with Crippen molar-refractivity contribution in [1.82, 2.24) is 24.1 Å². The Bertz CT molecular complexity index is 1530. The Morgan fingerprint density at radius 1 is 0.909 bits per heavy atom. The minimum absolute atomic E-state index is 0.0517. The summed E-state index contributed by atoms with van der Waals surface area (Å²) < 4.78 is 9.21. The Labute approximate surface area is 191 Å². The lowest BCUT2D eigenvalue weighted by atomic mass is 10.2. The molecule has 0 bridgehead atoms. The summed E-state index contributed by atoms with van der Waals surface area (Å²) in [5.41, 5.74) is 4.09. The second kappa shape index (κ2) is 8.65. The molecule has 3 aromatic heterocycles. The third-order valence-electron chi connectivity index (χ3n) is 6.05. The molecule has 0 spiro atoms. The zero-order chi connectivity index (χ0) is 22.9. The van der Waals surface area contributed by atoms with Crippen LogP contribution in [0.2, 0.25) is 0 Å². The number of unbranched alkanes of at least 4 members (excludes halogenated alkanes) is 2. The fourth-order valence-electron chi connectivity index (χ4n) is 4.38. The predicted octanol–water partition coefficient (Wildman–Crippen LogP) is 5.04. The molecule has 7 heteroatoms. The van der Waals surface area contributed by atoms with Crippen LogP contribution < -0.4 is 10.3 Å². The maximum Gasteiger partial charge on any atom is 0.265 e.